The van der Waals surface area contributed by atoms with Crippen LogP contribution in [0.5, 0.6) is 5.88 Å². The fraction of sp³-hybridized carbons (Fsp3) is 0.200. The minimum absolute atomic E-state index is 0.197. The molecule has 0 aliphatic rings. The first kappa shape index (κ1) is 12.9. The van der Waals surface area contributed by atoms with Crippen molar-refractivity contribution >= 4 is 22.9 Å². The van der Waals surface area contributed by atoms with Crippen molar-refractivity contribution in [3.8, 4) is 11.6 Å². The highest BCUT2D eigenvalue weighted by Gasteiger charge is 2.17. The molecule has 3 aromatic heterocycles. The summed E-state index contributed by atoms with van der Waals surface area (Å²) in [6.45, 7) is 0.197. The van der Waals surface area contributed by atoms with Gasteiger partial charge in [0.05, 0.1) is 11.9 Å². The van der Waals surface area contributed by atoms with Gasteiger partial charge in [0.2, 0.25) is 5.88 Å². The first-order valence-electron chi connectivity index (χ1n) is 5.54. The molecular formula is C10H9ClN6O2S. The van der Waals surface area contributed by atoms with E-state index in [1.807, 2.05) is 0 Å². The number of aromatic amines is 1. The van der Waals surface area contributed by atoms with E-state index >= 15 is 0 Å². The van der Waals surface area contributed by atoms with Gasteiger partial charge in [-0.05, 0) is 10.4 Å². The molecule has 0 aliphatic heterocycles. The number of halogens is 1. The molecule has 1 N–H and O–H groups in total. The minimum Gasteiger partial charge on any atom is -0.473 e. The summed E-state index contributed by atoms with van der Waals surface area (Å²) in [7, 11) is 1.53. The van der Waals surface area contributed by atoms with Crippen LogP contribution in [0.4, 0.5) is 0 Å². The van der Waals surface area contributed by atoms with Crippen LogP contribution < -0.4 is 10.4 Å². The summed E-state index contributed by atoms with van der Waals surface area (Å²) in [4.78, 5) is 11.9. The molecule has 3 heterocycles. The van der Waals surface area contributed by atoms with Gasteiger partial charge >= 0.3 is 5.69 Å². The Morgan fingerprint density at radius 1 is 1.50 bits per heavy atom. The number of hydrogen-bond donors (Lipinski definition) is 1. The Hall–Kier alpha value is -2.13. The smallest absolute Gasteiger partial charge is 0.368 e. The van der Waals surface area contributed by atoms with Crippen molar-refractivity contribution in [1.29, 1.82) is 0 Å². The summed E-state index contributed by atoms with van der Waals surface area (Å²) in [6, 6.07) is 1.69. The standard InChI is InChI=1S/C10H9ClN6O2S/c1-16-10(18)17(15-14-16)7-5-20-9(11)6(7)4-19-8-2-3-12-13-8/h2-3,5H,4H2,1H3,(H,12,13). The van der Waals surface area contributed by atoms with E-state index in [0.717, 1.165) is 4.68 Å². The largest absolute Gasteiger partial charge is 0.473 e. The molecule has 0 fully saturated rings. The molecule has 8 nitrogen and oxygen atoms in total. The zero-order chi connectivity index (χ0) is 14.1. The highest BCUT2D eigenvalue weighted by Crippen LogP contribution is 2.30. The lowest BCUT2D eigenvalue weighted by Gasteiger charge is -2.05. The maximum absolute atomic E-state index is 11.9. The van der Waals surface area contributed by atoms with Crippen molar-refractivity contribution in [3.05, 3.63) is 38.0 Å². The topological polar surface area (TPSA) is 90.6 Å². The Morgan fingerprint density at radius 3 is 3.00 bits per heavy atom. The van der Waals surface area contributed by atoms with Crippen LogP contribution in [0.3, 0.4) is 0 Å². The van der Waals surface area contributed by atoms with Crippen LogP contribution >= 0.6 is 22.9 Å². The second-order valence-electron chi connectivity index (χ2n) is 3.88. The molecule has 0 saturated heterocycles. The van der Waals surface area contributed by atoms with Gasteiger partial charge in [-0.1, -0.05) is 11.6 Å². The van der Waals surface area contributed by atoms with Crippen molar-refractivity contribution in [1.82, 2.24) is 30.0 Å². The molecule has 20 heavy (non-hydrogen) atoms. The quantitative estimate of drug-likeness (QED) is 0.775. The van der Waals surface area contributed by atoms with Crippen LogP contribution in [0, 0.1) is 0 Å². The highest BCUT2D eigenvalue weighted by atomic mass is 35.5. The maximum Gasteiger partial charge on any atom is 0.368 e. The number of hydrogen-bond acceptors (Lipinski definition) is 6. The summed E-state index contributed by atoms with van der Waals surface area (Å²) in [6.07, 6.45) is 1.58. The molecule has 3 aromatic rings. The Bertz CT molecular complexity index is 774. The van der Waals surface area contributed by atoms with E-state index in [1.165, 1.54) is 23.1 Å². The molecule has 0 spiro atoms. The van der Waals surface area contributed by atoms with E-state index in [-0.39, 0.29) is 12.3 Å². The van der Waals surface area contributed by atoms with Crippen LogP contribution in [0.1, 0.15) is 5.56 Å². The Kier molecular flexibility index (Phi) is 3.28. The normalized spacial score (nSPS) is 10.9. The predicted octanol–water partition coefficient (Wildman–Crippen LogP) is 0.983. The van der Waals surface area contributed by atoms with Crippen molar-refractivity contribution in [2.45, 2.75) is 6.61 Å². The number of ether oxygens (including phenoxy) is 1. The number of nitrogens with zero attached hydrogens (tertiary/aromatic N) is 5. The van der Waals surface area contributed by atoms with Gasteiger partial charge in [-0.15, -0.1) is 11.3 Å². The number of thiophene rings is 1. The Labute approximate surface area is 121 Å². The number of nitrogens with one attached hydrogen (secondary N) is 1. The van der Waals surface area contributed by atoms with Gasteiger partial charge in [-0.3, -0.25) is 0 Å². The number of aromatic nitrogens is 6. The number of aryl methyl sites for hydroxylation is 1. The summed E-state index contributed by atoms with van der Waals surface area (Å²) >= 11 is 7.44. The Morgan fingerprint density at radius 2 is 2.35 bits per heavy atom. The molecule has 0 bridgehead atoms. The molecule has 0 radical (unpaired) electrons. The van der Waals surface area contributed by atoms with E-state index in [4.69, 9.17) is 16.3 Å². The number of tetrazole rings is 1. The lowest BCUT2D eigenvalue weighted by Crippen LogP contribution is -2.22. The summed E-state index contributed by atoms with van der Waals surface area (Å²) in [5, 5.41) is 15.7. The lowest BCUT2D eigenvalue weighted by atomic mass is 10.3. The van der Waals surface area contributed by atoms with Crippen LogP contribution in [0.25, 0.3) is 5.69 Å². The summed E-state index contributed by atoms with van der Waals surface area (Å²) in [5.74, 6) is 0.518. The van der Waals surface area contributed by atoms with Gasteiger partial charge in [0.25, 0.3) is 0 Å². The molecular weight excluding hydrogens is 304 g/mol. The zero-order valence-electron chi connectivity index (χ0n) is 10.3. The van der Waals surface area contributed by atoms with E-state index in [1.54, 1.807) is 17.6 Å². The fourth-order valence-electron chi connectivity index (χ4n) is 1.60. The second kappa shape index (κ2) is 5.10. The van der Waals surface area contributed by atoms with Crippen molar-refractivity contribution in [2.24, 2.45) is 7.05 Å². The van der Waals surface area contributed by atoms with Crippen molar-refractivity contribution in [2.75, 3.05) is 0 Å². The van der Waals surface area contributed by atoms with Crippen molar-refractivity contribution < 1.29 is 4.74 Å². The maximum atomic E-state index is 11.9. The third kappa shape index (κ3) is 2.21. The van der Waals surface area contributed by atoms with Gasteiger partial charge < -0.3 is 4.74 Å². The Balaban J connectivity index is 1.93. The van der Waals surface area contributed by atoms with E-state index in [9.17, 15) is 4.79 Å². The minimum atomic E-state index is -0.345. The second-order valence-corrected chi connectivity index (χ2v) is 5.36. The highest BCUT2D eigenvalue weighted by molar-refractivity contribution is 7.14. The van der Waals surface area contributed by atoms with Crippen LogP contribution in [0.2, 0.25) is 4.34 Å². The first-order valence-corrected chi connectivity index (χ1v) is 6.80. The number of rotatable bonds is 4. The van der Waals surface area contributed by atoms with Gasteiger partial charge in [-0.25, -0.2) is 9.89 Å². The van der Waals surface area contributed by atoms with E-state index in [0.29, 0.717) is 21.5 Å². The van der Waals surface area contributed by atoms with Crippen LogP contribution in [-0.4, -0.2) is 30.0 Å². The fourth-order valence-corrected chi connectivity index (χ4v) is 2.65. The lowest BCUT2D eigenvalue weighted by molar-refractivity contribution is 0.293. The average Bonchev–Trinajstić information content (AvgIpc) is 3.12. The number of H-pyrrole nitrogens is 1. The molecule has 0 amide bonds. The van der Waals surface area contributed by atoms with Gasteiger partial charge in [0.15, 0.2) is 0 Å². The first-order chi connectivity index (χ1) is 9.66. The van der Waals surface area contributed by atoms with Crippen LogP contribution in [0.15, 0.2) is 22.4 Å². The molecule has 3 rings (SSSR count). The predicted molar refractivity (Wildman–Crippen MR) is 72.4 cm³/mol. The van der Waals surface area contributed by atoms with Gasteiger partial charge in [0, 0.05) is 24.1 Å². The molecule has 0 aliphatic carbocycles. The molecule has 104 valence electrons. The molecule has 0 saturated carbocycles. The van der Waals surface area contributed by atoms with E-state index in [2.05, 4.69) is 20.6 Å². The molecule has 10 heteroatoms. The molecule has 0 atom stereocenters. The third-order valence-electron chi connectivity index (χ3n) is 2.62. The van der Waals surface area contributed by atoms with Crippen molar-refractivity contribution in [3.63, 3.8) is 0 Å². The van der Waals surface area contributed by atoms with E-state index < -0.39 is 0 Å². The average molecular weight is 313 g/mol. The SMILES string of the molecule is Cn1nnn(-c2csc(Cl)c2COc2ccn[nH]2)c1=O. The van der Waals surface area contributed by atoms with Crippen LogP contribution in [-0.2, 0) is 13.7 Å². The monoisotopic (exact) mass is 312 g/mol. The molecule has 0 unspecified atom stereocenters. The molecule has 0 aromatic carbocycles. The van der Waals surface area contributed by atoms with Gasteiger partial charge in [0.1, 0.15) is 10.9 Å². The third-order valence-corrected chi connectivity index (χ3v) is 3.91. The summed E-state index contributed by atoms with van der Waals surface area (Å²) < 4.78 is 8.39. The summed E-state index contributed by atoms with van der Waals surface area (Å²) in [5.41, 5.74) is 0.897. The van der Waals surface area contributed by atoms with Gasteiger partial charge in [-0.2, -0.15) is 14.5 Å². The zero-order valence-corrected chi connectivity index (χ0v) is 11.9.